The molecule has 2 aromatic rings. The molecule has 0 spiro atoms. The quantitative estimate of drug-likeness (QED) is 0.777. The van der Waals surface area contributed by atoms with Gasteiger partial charge >= 0.3 is 0 Å². The van der Waals surface area contributed by atoms with E-state index in [-0.39, 0.29) is 11.8 Å². The van der Waals surface area contributed by atoms with Crippen molar-refractivity contribution in [2.45, 2.75) is 13.0 Å². The SMILES string of the molecule is CC(N)c1ccc2cc(O)cc(Cl)c2c1. The van der Waals surface area contributed by atoms with Gasteiger partial charge in [-0.25, -0.2) is 0 Å². The number of nitrogens with two attached hydrogens (primary N) is 1. The fourth-order valence-corrected chi connectivity index (χ4v) is 1.87. The summed E-state index contributed by atoms with van der Waals surface area (Å²) in [6.07, 6.45) is 0. The van der Waals surface area contributed by atoms with Crippen LogP contribution in [0, 0.1) is 0 Å². The van der Waals surface area contributed by atoms with Crippen molar-refractivity contribution in [1.29, 1.82) is 0 Å². The molecule has 3 heteroatoms. The molecule has 1 unspecified atom stereocenters. The normalized spacial score (nSPS) is 13.0. The first kappa shape index (κ1) is 10.3. The van der Waals surface area contributed by atoms with Crippen LogP contribution in [0.2, 0.25) is 5.02 Å². The van der Waals surface area contributed by atoms with Gasteiger partial charge in [0.1, 0.15) is 5.75 Å². The lowest BCUT2D eigenvalue weighted by Gasteiger charge is -2.08. The van der Waals surface area contributed by atoms with Crippen molar-refractivity contribution in [3.05, 3.63) is 40.9 Å². The Labute approximate surface area is 93.3 Å². The van der Waals surface area contributed by atoms with E-state index >= 15 is 0 Å². The Morgan fingerprint density at radius 3 is 2.67 bits per heavy atom. The molecule has 0 aliphatic heterocycles. The number of benzene rings is 2. The zero-order valence-corrected chi connectivity index (χ0v) is 9.12. The number of phenols is 1. The maximum Gasteiger partial charge on any atom is 0.117 e. The lowest BCUT2D eigenvalue weighted by molar-refractivity contribution is 0.476. The molecule has 0 saturated heterocycles. The summed E-state index contributed by atoms with van der Waals surface area (Å²) in [4.78, 5) is 0. The van der Waals surface area contributed by atoms with Crippen molar-refractivity contribution in [3.8, 4) is 5.75 Å². The molecule has 3 N–H and O–H groups in total. The molecule has 0 aliphatic rings. The summed E-state index contributed by atoms with van der Waals surface area (Å²) in [5.41, 5.74) is 6.83. The fourth-order valence-electron chi connectivity index (χ4n) is 1.60. The standard InChI is InChI=1S/C12H12ClNO/c1-7(14)8-2-3-9-4-10(15)6-12(13)11(9)5-8/h2-7,15H,14H2,1H3. The second kappa shape index (κ2) is 3.72. The number of hydrogen-bond acceptors (Lipinski definition) is 2. The second-order valence-electron chi connectivity index (χ2n) is 3.70. The summed E-state index contributed by atoms with van der Waals surface area (Å²) in [6, 6.07) is 9.03. The number of halogens is 1. The Hall–Kier alpha value is -1.25. The molecule has 0 heterocycles. The molecular weight excluding hydrogens is 210 g/mol. The van der Waals surface area contributed by atoms with Crippen molar-refractivity contribution < 1.29 is 5.11 Å². The molecule has 2 rings (SSSR count). The topological polar surface area (TPSA) is 46.2 Å². The van der Waals surface area contributed by atoms with Gasteiger partial charge < -0.3 is 10.8 Å². The zero-order chi connectivity index (χ0) is 11.0. The molecular formula is C12H12ClNO. The van der Waals surface area contributed by atoms with Crippen LogP contribution in [0.25, 0.3) is 10.8 Å². The van der Waals surface area contributed by atoms with Crippen molar-refractivity contribution >= 4 is 22.4 Å². The van der Waals surface area contributed by atoms with Gasteiger partial charge in [-0.3, -0.25) is 0 Å². The first-order valence-corrected chi connectivity index (χ1v) is 5.13. The smallest absolute Gasteiger partial charge is 0.117 e. The molecule has 0 bridgehead atoms. The van der Waals surface area contributed by atoms with Gasteiger partial charge in [0.15, 0.2) is 0 Å². The Morgan fingerprint density at radius 2 is 2.00 bits per heavy atom. The Balaban J connectivity index is 2.71. The number of hydrogen-bond donors (Lipinski definition) is 2. The van der Waals surface area contributed by atoms with Gasteiger partial charge in [0, 0.05) is 11.4 Å². The van der Waals surface area contributed by atoms with Gasteiger partial charge in [0.05, 0.1) is 5.02 Å². The van der Waals surface area contributed by atoms with E-state index in [1.54, 1.807) is 6.07 Å². The Bertz CT molecular complexity index is 508. The zero-order valence-electron chi connectivity index (χ0n) is 8.37. The van der Waals surface area contributed by atoms with Crippen LogP contribution in [0.4, 0.5) is 0 Å². The van der Waals surface area contributed by atoms with Crippen LogP contribution < -0.4 is 5.73 Å². The van der Waals surface area contributed by atoms with Crippen molar-refractivity contribution in [1.82, 2.24) is 0 Å². The van der Waals surface area contributed by atoms with E-state index < -0.39 is 0 Å². The lowest BCUT2D eigenvalue weighted by Crippen LogP contribution is -2.04. The molecule has 0 fully saturated rings. The molecule has 0 aromatic heterocycles. The number of aromatic hydroxyl groups is 1. The molecule has 0 radical (unpaired) electrons. The predicted octanol–water partition coefficient (Wildman–Crippen LogP) is 3.22. The third-order valence-corrected chi connectivity index (χ3v) is 2.75. The van der Waals surface area contributed by atoms with Crippen LogP contribution in [0.15, 0.2) is 30.3 Å². The van der Waals surface area contributed by atoms with Crippen molar-refractivity contribution in [2.75, 3.05) is 0 Å². The van der Waals surface area contributed by atoms with E-state index in [4.69, 9.17) is 17.3 Å². The second-order valence-corrected chi connectivity index (χ2v) is 4.10. The molecule has 78 valence electrons. The lowest BCUT2D eigenvalue weighted by atomic mass is 10.0. The summed E-state index contributed by atoms with van der Waals surface area (Å²) in [7, 11) is 0. The maximum absolute atomic E-state index is 9.38. The molecule has 0 saturated carbocycles. The summed E-state index contributed by atoms with van der Waals surface area (Å²) >= 11 is 6.04. The van der Waals surface area contributed by atoms with E-state index in [0.29, 0.717) is 5.02 Å². The first-order valence-electron chi connectivity index (χ1n) is 4.75. The van der Waals surface area contributed by atoms with E-state index in [2.05, 4.69) is 0 Å². The van der Waals surface area contributed by atoms with Gasteiger partial charge in [-0.05, 0) is 36.1 Å². The molecule has 0 aliphatic carbocycles. The molecule has 15 heavy (non-hydrogen) atoms. The van der Waals surface area contributed by atoms with Crippen molar-refractivity contribution in [3.63, 3.8) is 0 Å². The van der Waals surface area contributed by atoms with E-state index in [1.807, 2.05) is 25.1 Å². The van der Waals surface area contributed by atoms with Crippen molar-refractivity contribution in [2.24, 2.45) is 5.73 Å². The highest BCUT2D eigenvalue weighted by atomic mass is 35.5. The van der Waals surface area contributed by atoms with Crippen LogP contribution in [-0.2, 0) is 0 Å². The Morgan fingerprint density at radius 1 is 1.27 bits per heavy atom. The van der Waals surface area contributed by atoms with Crippen LogP contribution in [-0.4, -0.2) is 5.11 Å². The molecule has 1 atom stereocenters. The molecule has 2 nitrogen and oxygen atoms in total. The minimum absolute atomic E-state index is 0.0146. The highest BCUT2D eigenvalue weighted by molar-refractivity contribution is 6.35. The first-order chi connectivity index (χ1) is 7.08. The highest BCUT2D eigenvalue weighted by Gasteiger charge is 2.05. The van der Waals surface area contributed by atoms with E-state index in [0.717, 1.165) is 16.3 Å². The highest BCUT2D eigenvalue weighted by Crippen LogP contribution is 2.30. The molecule has 2 aromatic carbocycles. The van der Waals surface area contributed by atoms with E-state index in [9.17, 15) is 5.11 Å². The summed E-state index contributed by atoms with van der Waals surface area (Å²) in [5.74, 6) is 0.182. The minimum atomic E-state index is -0.0146. The largest absolute Gasteiger partial charge is 0.508 e. The van der Waals surface area contributed by atoms with Crippen LogP contribution >= 0.6 is 11.6 Å². The van der Waals surface area contributed by atoms with Gasteiger partial charge in [0.25, 0.3) is 0 Å². The Kier molecular flexibility index (Phi) is 2.55. The summed E-state index contributed by atoms with van der Waals surface area (Å²) in [5, 5.41) is 11.8. The van der Waals surface area contributed by atoms with Gasteiger partial charge in [-0.15, -0.1) is 0 Å². The van der Waals surface area contributed by atoms with Gasteiger partial charge in [-0.2, -0.15) is 0 Å². The van der Waals surface area contributed by atoms with Gasteiger partial charge in [0.2, 0.25) is 0 Å². The number of rotatable bonds is 1. The maximum atomic E-state index is 9.38. The van der Waals surface area contributed by atoms with E-state index in [1.165, 1.54) is 6.07 Å². The third kappa shape index (κ3) is 1.91. The number of phenolic OH excluding ortho intramolecular Hbond substituents is 1. The minimum Gasteiger partial charge on any atom is -0.508 e. The van der Waals surface area contributed by atoms with Crippen LogP contribution in [0.3, 0.4) is 0 Å². The number of fused-ring (bicyclic) bond motifs is 1. The average molecular weight is 222 g/mol. The van der Waals surface area contributed by atoms with Crippen LogP contribution in [0.5, 0.6) is 5.75 Å². The fraction of sp³-hybridized carbons (Fsp3) is 0.167. The average Bonchev–Trinajstić information content (AvgIpc) is 2.16. The predicted molar refractivity (Wildman–Crippen MR) is 63.2 cm³/mol. The third-order valence-electron chi connectivity index (χ3n) is 2.44. The summed E-state index contributed by atoms with van der Waals surface area (Å²) < 4.78 is 0. The van der Waals surface area contributed by atoms with Crippen LogP contribution in [0.1, 0.15) is 18.5 Å². The summed E-state index contributed by atoms with van der Waals surface area (Å²) in [6.45, 7) is 1.93. The monoisotopic (exact) mass is 221 g/mol. The van der Waals surface area contributed by atoms with Gasteiger partial charge in [-0.1, -0.05) is 23.7 Å². The molecule has 0 amide bonds.